The van der Waals surface area contributed by atoms with Crippen LogP contribution in [0.3, 0.4) is 0 Å². The molecule has 0 aliphatic carbocycles. The van der Waals surface area contributed by atoms with Crippen molar-refractivity contribution in [2.24, 2.45) is 0 Å². The van der Waals surface area contributed by atoms with Crippen LogP contribution in [-0.2, 0) is 11.2 Å². The maximum absolute atomic E-state index is 11.5. The Morgan fingerprint density at radius 1 is 1.50 bits per heavy atom. The normalized spacial score (nSPS) is 18.5. The van der Waals surface area contributed by atoms with Crippen molar-refractivity contribution in [1.29, 1.82) is 0 Å². The maximum Gasteiger partial charge on any atom is 0.222 e. The largest absolute Gasteiger partial charge is 0.481 e. The van der Waals surface area contributed by atoms with Gasteiger partial charge in [-0.2, -0.15) is 4.98 Å². The lowest BCUT2D eigenvalue weighted by molar-refractivity contribution is -0.119. The van der Waals surface area contributed by atoms with Crippen molar-refractivity contribution >= 4 is 28.7 Å². The van der Waals surface area contributed by atoms with E-state index in [4.69, 9.17) is 16.3 Å². The summed E-state index contributed by atoms with van der Waals surface area (Å²) in [5.41, 5.74) is 1.54. The number of amides is 1. The third kappa shape index (κ3) is 2.20. The Morgan fingerprint density at radius 2 is 2.35 bits per heavy atom. The average molecular weight is 295 g/mol. The number of fused-ring (bicyclic) bond motifs is 1. The van der Waals surface area contributed by atoms with Crippen LogP contribution in [0.15, 0.2) is 12.1 Å². The Bertz CT molecular complexity index is 655. The molecule has 0 aromatic carbocycles. The number of nitrogens with one attached hydrogen (secondary N) is 1. The number of ether oxygens (including phenoxy) is 1. The molecule has 1 atom stereocenters. The molecule has 2 aromatic rings. The van der Waals surface area contributed by atoms with E-state index in [9.17, 15) is 4.79 Å². The van der Waals surface area contributed by atoms with Gasteiger partial charge in [0.2, 0.25) is 11.8 Å². The van der Waals surface area contributed by atoms with Crippen LogP contribution < -0.4 is 10.1 Å². The lowest BCUT2D eigenvalue weighted by Crippen LogP contribution is -2.17. The first-order valence-corrected chi connectivity index (χ1v) is 7.01. The fraction of sp³-hybridized carbons (Fsp3) is 0.462. The predicted octanol–water partition coefficient (Wildman–Crippen LogP) is 1.28. The summed E-state index contributed by atoms with van der Waals surface area (Å²) in [7, 11) is 1.58. The summed E-state index contributed by atoms with van der Waals surface area (Å²) in [4.78, 5) is 20.5. The molecule has 1 aliphatic heterocycles. The van der Waals surface area contributed by atoms with Gasteiger partial charge in [0.1, 0.15) is 11.3 Å². The standard InChI is InChI=1S/C13H15ClN4O2/c1-20-12-3-2-9-13(17-12)18(10(16-9)4-5-14)8-6-11(19)15-7-8/h2-3,8H,4-7H2,1H3,(H,15,19). The Hall–Kier alpha value is -1.82. The highest BCUT2D eigenvalue weighted by atomic mass is 35.5. The fourth-order valence-corrected chi connectivity index (χ4v) is 2.70. The van der Waals surface area contributed by atoms with Crippen molar-refractivity contribution in [3.63, 3.8) is 0 Å². The van der Waals surface area contributed by atoms with Crippen molar-refractivity contribution in [3.8, 4) is 5.88 Å². The summed E-state index contributed by atoms with van der Waals surface area (Å²) < 4.78 is 7.18. The number of pyridine rings is 1. The minimum absolute atomic E-state index is 0.0327. The van der Waals surface area contributed by atoms with Crippen LogP contribution in [0.4, 0.5) is 0 Å². The molecular formula is C13H15ClN4O2. The van der Waals surface area contributed by atoms with Gasteiger partial charge in [-0.05, 0) is 6.07 Å². The zero-order valence-electron chi connectivity index (χ0n) is 11.1. The van der Waals surface area contributed by atoms with E-state index < -0.39 is 0 Å². The number of aryl methyl sites for hydroxylation is 1. The van der Waals surface area contributed by atoms with Crippen molar-refractivity contribution in [2.45, 2.75) is 18.9 Å². The van der Waals surface area contributed by atoms with E-state index in [0.717, 1.165) is 17.0 Å². The molecule has 0 saturated carbocycles. The van der Waals surface area contributed by atoms with Crippen LogP contribution in [0, 0.1) is 0 Å². The average Bonchev–Trinajstić information content (AvgIpc) is 3.01. The van der Waals surface area contributed by atoms with Gasteiger partial charge >= 0.3 is 0 Å². The number of halogens is 1. The molecule has 1 fully saturated rings. The second kappa shape index (κ2) is 5.28. The number of carbonyl (C=O) groups is 1. The Balaban J connectivity index is 2.13. The Kier molecular flexibility index (Phi) is 3.48. The molecule has 2 aromatic heterocycles. The smallest absolute Gasteiger partial charge is 0.222 e. The second-order valence-corrected chi connectivity index (χ2v) is 5.07. The number of hydrogen-bond acceptors (Lipinski definition) is 4. The number of methoxy groups -OCH3 is 1. The number of aromatic nitrogens is 3. The second-order valence-electron chi connectivity index (χ2n) is 4.70. The summed E-state index contributed by atoms with van der Waals surface area (Å²) in [6.07, 6.45) is 1.09. The molecule has 3 heterocycles. The molecule has 106 valence electrons. The van der Waals surface area contributed by atoms with E-state index in [1.54, 1.807) is 13.2 Å². The van der Waals surface area contributed by atoms with Crippen LogP contribution in [0.1, 0.15) is 18.3 Å². The number of carbonyl (C=O) groups excluding carboxylic acids is 1. The number of hydrogen-bond donors (Lipinski definition) is 1. The summed E-state index contributed by atoms with van der Waals surface area (Å²) in [6, 6.07) is 3.69. The van der Waals surface area contributed by atoms with E-state index in [1.807, 2.05) is 10.6 Å². The third-order valence-corrected chi connectivity index (χ3v) is 3.62. The van der Waals surface area contributed by atoms with E-state index in [2.05, 4.69) is 15.3 Å². The van der Waals surface area contributed by atoms with Gasteiger partial charge in [0.05, 0.1) is 13.2 Å². The molecule has 3 rings (SSSR count). The molecule has 0 bridgehead atoms. The highest BCUT2D eigenvalue weighted by Gasteiger charge is 2.27. The minimum atomic E-state index is 0.0327. The molecule has 1 N–H and O–H groups in total. The molecule has 20 heavy (non-hydrogen) atoms. The van der Waals surface area contributed by atoms with Crippen LogP contribution in [0.5, 0.6) is 5.88 Å². The summed E-state index contributed by atoms with van der Waals surface area (Å²) >= 11 is 5.85. The first-order chi connectivity index (χ1) is 9.72. The van der Waals surface area contributed by atoms with Gasteiger partial charge in [0.25, 0.3) is 0 Å². The highest BCUT2D eigenvalue weighted by molar-refractivity contribution is 6.17. The molecule has 1 saturated heterocycles. The van der Waals surface area contributed by atoms with Gasteiger partial charge in [-0.25, -0.2) is 4.98 Å². The highest BCUT2D eigenvalue weighted by Crippen LogP contribution is 2.26. The molecule has 0 spiro atoms. The van der Waals surface area contributed by atoms with Crippen LogP contribution in [0.25, 0.3) is 11.2 Å². The molecule has 0 radical (unpaired) electrons. The van der Waals surface area contributed by atoms with Gasteiger partial charge in [0.15, 0.2) is 5.65 Å². The summed E-state index contributed by atoms with van der Waals surface area (Å²) in [5.74, 6) is 1.93. The molecule has 1 aliphatic rings. The summed E-state index contributed by atoms with van der Waals surface area (Å²) in [6.45, 7) is 0.596. The fourth-order valence-electron chi connectivity index (χ4n) is 2.53. The van der Waals surface area contributed by atoms with Gasteiger partial charge in [-0.15, -0.1) is 11.6 Å². The number of nitrogens with zero attached hydrogens (tertiary/aromatic N) is 3. The Morgan fingerprint density at radius 3 is 3.00 bits per heavy atom. The molecular weight excluding hydrogens is 280 g/mol. The number of rotatable bonds is 4. The lowest BCUT2D eigenvalue weighted by Gasteiger charge is -2.14. The third-order valence-electron chi connectivity index (χ3n) is 3.43. The topological polar surface area (TPSA) is 69.0 Å². The first-order valence-electron chi connectivity index (χ1n) is 6.47. The van der Waals surface area contributed by atoms with E-state index in [-0.39, 0.29) is 11.9 Å². The molecule has 7 heteroatoms. The van der Waals surface area contributed by atoms with Crippen molar-refractivity contribution in [3.05, 3.63) is 18.0 Å². The van der Waals surface area contributed by atoms with E-state index >= 15 is 0 Å². The molecule has 1 amide bonds. The van der Waals surface area contributed by atoms with Crippen LogP contribution in [0.2, 0.25) is 0 Å². The first kappa shape index (κ1) is 13.2. The minimum Gasteiger partial charge on any atom is -0.481 e. The van der Waals surface area contributed by atoms with Gasteiger partial charge in [0, 0.05) is 31.3 Å². The Labute approximate surface area is 121 Å². The van der Waals surface area contributed by atoms with Crippen LogP contribution >= 0.6 is 11.6 Å². The number of alkyl halides is 1. The molecule has 1 unspecified atom stereocenters. The molecule has 6 nitrogen and oxygen atoms in total. The number of imidazole rings is 1. The van der Waals surface area contributed by atoms with Crippen molar-refractivity contribution in [1.82, 2.24) is 19.9 Å². The van der Waals surface area contributed by atoms with Gasteiger partial charge < -0.3 is 14.6 Å². The van der Waals surface area contributed by atoms with E-state index in [1.165, 1.54) is 0 Å². The van der Waals surface area contributed by atoms with E-state index in [0.29, 0.717) is 31.1 Å². The van der Waals surface area contributed by atoms with Crippen LogP contribution in [-0.4, -0.2) is 40.0 Å². The van der Waals surface area contributed by atoms with Crippen molar-refractivity contribution < 1.29 is 9.53 Å². The van der Waals surface area contributed by atoms with Crippen molar-refractivity contribution in [2.75, 3.05) is 19.5 Å². The zero-order valence-corrected chi connectivity index (χ0v) is 11.9. The van der Waals surface area contributed by atoms with Gasteiger partial charge in [-0.1, -0.05) is 0 Å². The zero-order chi connectivity index (χ0) is 14.1. The van der Waals surface area contributed by atoms with Gasteiger partial charge in [-0.3, -0.25) is 4.79 Å². The lowest BCUT2D eigenvalue weighted by atomic mass is 10.2. The summed E-state index contributed by atoms with van der Waals surface area (Å²) in [5, 5.41) is 2.84. The predicted molar refractivity (Wildman–Crippen MR) is 75.2 cm³/mol. The quantitative estimate of drug-likeness (QED) is 0.863. The monoisotopic (exact) mass is 294 g/mol. The maximum atomic E-state index is 11.5. The SMILES string of the molecule is COc1ccc2nc(CCCl)n(C3CNC(=O)C3)c2n1.